The van der Waals surface area contributed by atoms with Gasteiger partial charge in [0.15, 0.2) is 0 Å². The highest BCUT2D eigenvalue weighted by molar-refractivity contribution is 9.10. The number of carbonyl (C=O) groups is 1. The van der Waals surface area contributed by atoms with Gasteiger partial charge in [-0.15, -0.1) is 5.10 Å². The molecule has 0 saturated carbocycles. The summed E-state index contributed by atoms with van der Waals surface area (Å²) in [6, 6.07) is 14.4. The zero-order valence-corrected chi connectivity index (χ0v) is 24.3. The number of hydrogen-bond acceptors (Lipinski definition) is 8. The second-order valence-corrected chi connectivity index (χ2v) is 10.1. The van der Waals surface area contributed by atoms with Crippen molar-refractivity contribution in [2.75, 3.05) is 13.7 Å². The molecule has 0 N–H and O–H groups in total. The first-order chi connectivity index (χ1) is 18.7. The number of benzene rings is 2. The standard InChI is InChI=1S/C27H23BrCl2N4O5/c1-15-25(28)22(13-36-3)21(11-31)27(32-15)38-14-24-34(16(2)35)33-26(39-24)17-5-4-6-20(9-17)37-12-18-7-8-19(29)10-23(18)30/h4-10,24H,12-14H2,1-3H3. The summed E-state index contributed by atoms with van der Waals surface area (Å²) in [5, 5.41) is 16.3. The monoisotopic (exact) mass is 632 g/mol. The first-order valence-corrected chi connectivity index (χ1v) is 13.2. The molecule has 2 aromatic carbocycles. The third kappa shape index (κ3) is 6.62. The van der Waals surface area contributed by atoms with Gasteiger partial charge in [0.1, 0.15) is 30.6 Å². The number of aromatic nitrogens is 1. The lowest BCUT2D eigenvalue weighted by molar-refractivity contribution is -0.136. The highest BCUT2D eigenvalue weighted by Crippen LogP contribution is 2.31. The Morgan fingerprint density at radius 1 is 1.21 bits per heavy atom. The minimum atomic E-state index is -0.877. The molecule has 0 bridgehead atoms. The molecule has 0 fully saturated rings. The van der Waals surface area contributed by atoms with E-state index in [1.54, 1.807) is 49.4 Å². The van der Waals surface area contributed by atoms with E-state index < -0.39 is 6.23 Å². The lowest BCUT2D eigenvalue weighted by atomic mass is 10.1. The van der Waals surface area contributed by atoms with Crippen LogP contribution in [0.1, 0.15) is 34.9 Å². The summed E-state index contributed by atoms with van der Waals surface area (Å²) in [5.74, 6) is 0.540. The molecule has 1 amide bonds. The topological polar surface area (TPSA) is 106 Å². The Kier molecular flexibility index (Phi) is 9.30. The Bertz CT molecular complexity index is 1480. The zero-order valence-electron chi connectivity index (χ0n) is 21.2. The molecule has 3 aromatic rings. The molecule has 1 atom stereocenters. The summed E-state index contributed by atoms with van der Waals surface area (Å²) in [6.45, 7) is 3.46. The van der Waals surface area contributed by atoms with Gasteiger partial charge in [-0.2, -0.15) is 10.3 Å². The average Bonchev–Trinajstić information content (AvgIpc) is 3.35. The number of hydrazone groups is 1. The van der Waals surface area contributed by atoms with Crippen LogP contribution in [-0.4, -0.2) is 41.7 Å². The van der Waals surface area contributed by atoms with E-state index in [-0.39, 0.29) is 43.1 Å². The maximum Gasteiger partial charge on any atom is 0.243 e. The van der Waals surface area contributed by atoms with E-state index in [1.807, 2.05) is 0 Å². The van der Waals surface area contributed by atoms with Crippen molar-refractivity contribution >= 4 is 50.9 Å². The van der Waals surface area contributed by atoms with Gasteiger partial charge >= 0.3 is 0 Å². The van der Waals surface area contributed by atoms with Crippen molar-refractivity contribution in [3.63, 3.8) is 0 Å². The van der Waals surface area contributed by atoms with E-state index in [1.165, 1.54) is 19.0 Å². The van der Waals surface area contributed by atoms with Crippen molar-refractivity contribution < 1.29 is 23.7 Å². The van der Waals surface area contributed by atoms with Crippen molar-refractivity contribution in [3.8, 4) is 17.7 Å². The van der Waals surface area contributed by atoms with Gasteiger partial charge in [-0.3, -0.25) is 4.79 Å². The van der Waals surface area contributed by atoms with E-state index in [9.17, 15) is 10.1 Å². The molecule has 202 valence electrons. The van der Waals surface area contributed by atoms with Gasteiger partial charge in [0.25, 0.3) is 0 Å². The molecule has 2 heterocycles. The van der Waals surface area contributed by atoms with Gasteiger partial charge in [-0.25, -0.2) is 4.98 Å². The second-order valence-electron chi connectivity index (χ2n) is 8.42. The molecule has 39 heavy (non-hydrogen) atoms. The number of nitrogens with zero attached hydrogens (tertiary/aromatic N) is 4. The van der Waals surface area contributed by atoms with Gasteiger partial charge in [0, 0.05) is 45.2 Å². The number of amides is 1. The average molecular weight is 634 g/mol. The van der Waals surface area contributed by atoms with Crippen LogP contribution in [0.2, 0.25) is 10.0 Å². The molecule has 1 aliphatic rings. The summed E-state index contributed by atoms with van der Waals surface area (Å²) in [5.41, 5.74) is 2.85. The number of pyridine rings is 1. The van der Waals surface area contributed by atoms with Crippen LogP contribution in [0, 0.1) is 18.3 Å². The highest BCUT2D eigenvalue weighted by Gasteiger charge is 2.33. The molecule has 1 aromatic heterocycles. The first-order valence-electron chi connectivity index (χ1n) is 11.6. The van der Waals surface area contributed by atoms with E-state index in [0.29, 0.717) is 37.1 Å². The van der Waals surface area contributed by atoms with Gasteiger partial charge < -0.3 is 18.9 Å². The van der Waals surface area contributed by atoms with Crippen LogP contribution in [-0.2, 0) is 27.5 Å². The Labute approximate surface area is 244 Å². The Hall–Kier alpha value is -3.36. The normalized spacial score (nSPS) is 14.4. The summed E-state index contributed by atoms with van der Waals surface area (Å²) in [4.78, 5) is 16.7. The van der Waals surface area contributed by atoms with Crippen LogP contribution in [0.3, 0.4) is 0 Å². The molecular formula is C27H23BrCl2N4O5. The Morgan fingerprint density at radius 2 is 2.00 bits per heavy atom. The molecule has 0 saturated heterocycles. The Morgan fingerprint density at radius 3 is 2.69 bits per heavy atom. The number of ether oxygens (including phenoxy) is 4. The molecule has 9 nitrogen and oxygen atoms in total. The summed E-state index contributed by atoms with van der Waals surface area (Å²) >= 11 is 15.7. The third-order valence-corrected chi connectivity index (χ3v) is 7.30. The van der Waals surface area contributed by atoms with Crippen molar-refractivity contribution in [1.82, 2.24) is 9.99 Å². The number of carbonyl (C=O) groups excluding carboxylic acids is 1. The number of hydrogen-bond donors (Lipinski definition) is 0. The molecule has 0 aliphatic carbocycles. The molecule has 4 rings (SSSR count). The van der Waals surface area contributed by atoms with Crippen molar-refractivity contribution in [2.45, 2.75) is 33.3 Å². The van der Waals surface area contributed by atoms with Crippen LogP contribution in [0.15, 0.2) is 52.0 Å². The minimum absolute atomic E-state index is 0.113. The predicted octanol–water partition coefficient (Wildman–Crippen LogP) is 6.00. The summed E-state index contributed by atoms with van der Waals surface area (Å²) in [7, 11) is 1.53. The molecular weight excluding hydrogens is 611 g/mol. The fourth-order valence-corrected chi connectivity index (χ4v) is 4.62. The number of aryl methyl sites for hydroxylation is 1. The van der Waals surface area contributed by atoms with Crippen molar-refractivity contribution in [3.05, 3.63) is 84.9 Å². The van der Waals surface area contributed by atoms with Gasteiger partial charge in [-0.05, 0) is 53.2 Å². The molecule has 1 aliphatic heterocycles. The van der Waals surface area contributed by atoms with Gasteiger partial charge in [0.2, 0.25) is 23.9 Å². The van der Waals surface area contributed by atoms with E-state index in [2.05, 4.69) is 32.1 Å². The number of halogens is 3. The Balaban J connectivity index is 1.49. The van der Waals surface area contributed by atoms with E-state index >= 15 is 0 Å². The SMILES string of the molecule is COCc1c(Br)c(C)nc(OCC2OC(c3cccc(OCc4ccc(Cl)cc4Cl)c3)=NN2C(C)=O)c1C#N. The fraction of sp³-hybridized carbons (Fsp3) is 0.259. The van der Waals surface area contributed by atoms with Crippen LogP contribution in [0.4, 0.5) is 0 Å². The largest absolute Gasteiger partial charge is 0.489 e. The van der Waals surface area contributed by atoms with Gasteiger partial charge in [0.05, 0.1) is 12.3 Å². The summed E-state index contributed by atoms with van der Waals surface area (Å²) < 4.78 is 23.7. The van der Waals surface area contributed by atoms with Crippen LogP contribution < -0.4 is 9.47 Å². The van der Waals surface area contributed by atoms with Crippen molar-refractivity contribution in [2.24, 2.45) is 5.10 Å². The minimum Gasteiger partial charge on any atom is -0.489 e. The number of nitriles is 1. The van der Waals surface area contributed by atoms with Crippen LogP contribution >= 0.6 is 39.1 Å². The lowest BCUT2D eigenvalue weighted by Crippen LogP contribution is -2.37. The second kappa shape index (κ2) is 12.7. The third-order valence-electron chi connectivity index (χ3n) is 5.66. The molecule has 12 heteroatoms. The quantitative estimate of drug-likeness (QED) is 0.284. The molecule has 0 radical (unpaired) electrons. The molecule has 1 unspecified atom stereocenters. The lowest BCUT2D eigenvalue weighted by Gasteiger charge is -2.20. The van der Waals surface area contributed by atoms with Crippen LogP contribution in [0.5, 0.6) is 11.6 Å². The number of methoxy groups -OCH3 is 1. The maximum atomic E-state index is 12.3. The van der Waals surface area contributed by atoms with Gasteiger partial charge in [-0.1, -0.05) is 35.3 Å². The molecule has 0 spiro atoms. The van der Waals surface area contributed by atoms with Crippen LogP contribution in [0.25, 0.3) is 0 Å². The zero-order chi connectivity index (χ0) is 28.1. The number of rotatable bonds is 9. The van der Waals surface area contributed by atoms with Crippen molar-refractivity contribution in [1.29, 1.82) is 5.26 Å². The summed E-state index contributed by atoms with van der Waals surface area (Å²) in [6.07, 6.45) is -0.877. The van der Waals surface area contributed by atoms with E-state index in [0.717, 1.165) is 5.56 Å². The van der Waals surface area contributed by atoms with E-state index in [4.69, 9.17) is 42.1 Å². The maximum absolute atomic E-state index is 12.3. The first kappa shape index (κ1) is 28.6. The smallest absolute Gasteiger partial charge is 0.243 e. The predicted molar refractivity (Wildman–Crippen MR) is 149 cm³/mol. The highest BCUT2D eigenvalue weighted by atomic mass is 79.9. The fourth-order valence-electron chi connectivity index (χ4n) is 3.75.